The molecule has 27 heavy (non-hydrogen) atoms. The molecule has 1 aliphatic carbocycles. The van der Waals surface area contributed by atoms with E-state index in [1.165, 1.54) is 58.3 Å². The third-order valence-corrected chi connectivity index (χ3v) is 4.86. The number of ether oxygens (including phenoxy) is 2. The van der Waals surface area contributed by atoms with Gasteiger partial charge in [-0.15, -0.1) is 0 Å². The first-order chi connectivity index (χ1) is 13.0. The van der Waals surface area contributed by atoms with E-state index in [2.05, 4.69) is 6.92 Å². The Labute approximate surface area is 169 Å². The Morgan fingerprint density at radius 1 is 1.00 bits per heavy atom. The number of allylic oxidation sites excluding steroid dienone is 3. The Hall–Kier alpha value is -1.29. The Morgan fingerprint density at radius 2 is 1.59 bits per heavy atom. The fourth-order valence-corrected chi connectivity index (χ4v) is 2.98. The monoisotopic (exact) mass is 397 g/mol. The highest BCUT2D eigenvalue weighted by molar-refractivity contribution is 6.31. The molecule has 0 fully saturated rings. The van der Waals surface area contributed by atoms with Gasteiger partial charge in [-0.25, -0.2) is 9.59 Å². The molecule has 0 saturated carbocycles. The van der Waals surface area contributed by atoms with Gasteiger partial charge >= 0.3 is 11.9 Å². The van der Waals surface area contributed by atoms with Crippen molar-refractivity contribution in [2.75, 3.05) is 6.61 Å². The van der Waals surface area contributed by atoms with Crippen molar-refractivity contribution >= 4 is 23.5 Å². The van der Waals surface area contributed by atoms with Gasteiger partial charge in [-0.2, -0.15) is 0 Å². The second-order valence-corrected chi connectivity index (χ2v) is 7.49. The van der Waals surface area contributed by atoms with Crippen LogP contribution in [0.3, 0.4) is 0 Å². The molecule has 0 spiro atoms. The minimum absolute atomic E-state index is 0.381. The van der Waals surface area contributed by atoms with E-state index in [0.717, 1.165) is 12.8 Å². The Morgan fingerprint density at radius 3 is 2.15 bits per heavy atom. The lowest BCUT2D eigenvalue weighted by Crippen LogP contribution is -2.27. The number of carbonyl (C=O) groups is 2. The summed E-state index contributed by atoms with van der Waals surface area (Å²) in [4.78, 5) is 23.9. The fraction of sp³-hybridized carbons (Fsp3) is 0.682. The molecule has 0 N–H and O–H groups in total. The molecule has 0 amide bonds. The first-order valence-electron chi connectivity index (χ1n) is 10.3. The summed E-state index contributed by atoms with van der Waals surface area (Å²) in [5.74, 6) is -0.997. The SMILES string of the molecule is CCCCCCCCCCCCOC(=O)C(C)OC(=O)C1=CC=C(Cl)[CH]C1. The third kappa shape index (κ3) is 11.2. The van der Waals surface area contributed by atoms with Gasteiger partial charge in [0.05, 0.1) is 6.61 Å². The molecule has 0 heterocycles. The average molecular weight is 398 g/mol. The normalized spacial score (nSPS) is 14.9. The van der Waals surface area contributed by atoms with Crippen LogP contribution in [-0.2, 0) is 19.1 Å². The topological polar surface area (TPSA) is 52.6 Å². The van der Waals surface area contributed by atoms with Crippen LogP contribution in [0, 0.1) is 6.42 Å². The Balaban J connectivity index is 2.03. The smallest absolute Gasteiger partial charge is 0.347 e. The molecule has 0 aromatic rings. The van der Waals surface area contributed by atoms with Gasteiger partial charge < -0.3 is 9.47 Å². The van der Waals surface area contributed by atoms with E-state index in [9.17, 15) is 9.59 Å². The van der Waals surface area contributed by atoms with Gasteiger partial charge in [-0.05, 0) is 25.8 Å². The van der Waals surface area contributed by atoms with Crippen molar-refractivity contribution < 1.29 is 19.1 Å². The van der Waals surface area contributed by atoms with Gasteiger partial charge in [0.1, 0.15) is 0 Å². The van der Waals surface area contributed by atoms with Gasteiger partial charge in [-0.3, -0.25) is 0 Å². The average Bonchev–Trinajstić information content (AvgIpc) is 2.66. The highest BCUT2D eigenvalue weighted by Crippen LogP contribution is 2.21. The van der Waals surface area contributed by atoms with E-state index in [0.29, 0.717) is 23.6 Å². The van der Waals surface area contributed by atoms with Crippen LogP contribution in [0.15, 0.2) is 22.8 Å². The van der Waals surface area contributed by atoms with Crippen molar-refractivity contribution in [3.8, 4) is 0 Å². The second kappa shape index (κ2) is 14.7. The van der Waals surface area contributed by atoms with E-state index in [1.807, 2.05) is 0 Å². The molecule has 0 bridgehead atoms. The van der Waals surface area contributed by atoms with Crippen molar-refractivity contribution in [2.24, 2.45) is 0 Å². The largest absolute Gasteiger partial charge is 0.463 e. The van der Waals surface area contributed by atoms with Gasteiger partial charge in [0.15, 0.2) is 6.10 Å². The van der Waals surface area contributed by atoms with Crippen LogP contribution in [-0.4, -0.2) is 24.6 Å². The molecular formula is C22H34ClO4. The molecule has 4 nitrogen and oxygen atoms in total. The number of esters is 2. The van der Waals surface area contributed by atoms with Crippen molar-refractivity contribution in [3.63, 3.8) is 0 Å². The Kier molecular flexibility index (Phi) is 13.0. The number of hydrogen-bond donors (Lipinski definition) is 0. The maximum absolute atomic E-state index is 12.0. The van der Waals surface area contributed by atoms with Crippen molar-refractivity contribution in [1.82, 2.24) is 0 Å². The predicted molar refractivity (Wildman–Crippen MR) is 109 cm³/mol. The van der Waals surface area contributed by atoms with Crippen molar-refractivity contribution in [2.45, 2.75) is 90.6 Å². The summed E-state index contributed by atoms with van der Waals surface area (Å²) in [6, 6.07) is 0. The van der Waals surface area contributed by atoms with E-state index in [4.69, 9.17) is 21.1 Å². The van der Waals surface area contributed by atoms with Crippen molar-refractivity contribution in [1.29, 1.82) is 0 Å². The zero-order valence-electron chi connectivity index (χ0n) is 16.8. The summed E-state index contributed by atoms with van der Waals surface area (Å²) in [6.45, 7) is 4.15. The van der Waals surface area contributed by atoms with Crippen LogP contribution in [0.2, 0.25) is 0 Å². The van der Waals surface area contributed by atoms with Crippen LogP contribution in [0.5, 0.6) is 0 Å². The molecule has 1 atom stereocenters. The third-order valence-electron chi connectivity index (χ3n) is 4.58. The lowest BCUT2D eigenvalue weighted by atomic mass is 10.1. The summed E-state index contributed by atoms with van der Waals surface area (Å²) >= 11 is 5.81. The number of unbranched alkanes of at least 4 members (excludes halogenated alkanes) is 9. The first-order valence-corrected chi connectivity index (χ1v) is 10.7. The fourth-order valence-electron chi connectivity index (χ4n) is 2.84. The molecule has 0 aromatic carbocycles. The molecule has 0 aliphatic heterocycles. The molecule has 1 aliphatic rings. The molecule has 0 aromatic heterocycles. The Bertz CT molecular complexity index is 510. The zero-order valence-corrected chi connectivity index (χ0v) is 17.6. The number of carbonyl (C=O) groups excluding carboxylic acids is 2. The molecule has 1 radical (unpaired) electrons. The summed E-state index contributed by atoms with van der Waals surface area (Å²) in [6.07, 6.45) is 16.8. The van der Waals surface area contributed by atoms with Crippen molar-refractivity contribution in [3.05, 3.63) is 29.2 Å². The summed E-state index contributed by atoms with van der Waals surface area (Å²) in [5.41, 5.74) is 0.480. The van der Waals surface area contributed by atoms with Crippen LogP contribution < -0.4 is 0 Å². The standard InChI is InChI=1S/C22H34ClO4/c1-3-4-5-6-7-8-9-10-11-12-17-26-21(24)18(2)27-22(25)19-13-15-20(23)16-14-19/h13,15-16,18H,3-12,14,17H2,1-2H3. The highest BCUT2D eigenvalue weighted by Gasteiger charge is 2.22. The summed E-state index contributed by atoms with van der Waals surface area (Å²) in [5, 5.41) is 0.593. The molecule has 0 saturated heterocycles. The number of halogens is 1. The number of rotatable bonds is 14. The van der Waals surface area contributed by atoms with E-state index >= 15 is 0 Å². The maximum Gasteiger partial charge on any atom is 0.347 e. The van der Waals surface area contributed by atoms with E-state index in [1.54, 1.807) is 18.6 Å². The van der Waals surface area contributed by atoms with Gasteiger partial charge in [0.2, 0.25) is 0 Å². The van der Waals surface area contributed by atoms with Gasteiger partial charge in [0, 0.05) is 17.0 Å². The molecular weight excluding hydrogens is 364 g/mol. The van der Waals surface area contributed by atoms with Gasteiger partial charge in [0.25, 0.3) is 0 Å². The second-order valence-electron chi connectivity index (χ2n) is 7.05. The quantitative estimate of drug-likeness (QED) is 0.265. The zero-order chi connectivity index (χ0) is 19.9. The predicted octanol–water partition coefficient (Wildman–Crippen LogP) is 6.04. The molecule has 1 unspecified atom stereocenters. The van der Waals surface area contributed by atoms with Crippen LogP contribution in [0.25, 0.3) is 0 Å². The summed E-state index contributed by atoms with van der Waals surface area (Å²) in [7, 11) is 0. The number of hydrogen-bond acceptors (Lipinski definition) is 4. The maximum atomic E-state index is 12.0. The molecule has 1 rings (SSSR count). The first kappa shape index (κ1) is 23.7. The van der Waals surface area contributed by atoms with E-state index in [-0.39, 0.29) is 0 Å². The summed E-state index contributed by atoms with van der Waals surface area (Å²) < 4.78 is 10.4. The molecule has 153 valence electrons. The van der Waals surface area contributed by atoms with Crippen LogP contribution >= 0.6 is 11.6 Å². The lowest BCUT2D eigenvalue weighted by Gasteiger charge is -2.15. The van der Waals surface area contributed by atoms with Gasteiger partial charge in [-0.1, -0.05) is 82.4 Å². The molecule has 5 heteroatoms. The van der Waals surface area contributed by atoms with E-state index < -0.39 is 18.0 Å². The minimum atomic E-state index is -0.900. The van der Waals surface area contributed by atoms with Crippen LogP contribution in [0.1, 0.15) is 84.5 Å². The minimum Gasteiger partial charge on any atom is -0.463 e. The van der Waals surface area contributed by atoms with Crippen LogP contribution in [0.4, 0.5) is 0 Å². The highest BCUT2D eigenvalue weighted by atomic mass is 35.5. The lowest BCUT2D eigenvalue weighted by molar-refractivity contribution is -0.164.